The molecule has 2 aliphatic rings. The Balaban J connectivity index is 1.68. The summed E-state index contributed by atoms with van der Waals surface area (Å²) < 4.78 is 47.3. The number of pyridine rings is 2. The Kier molecular flexibility index (Phi) is 5.11. The molecule has 6 nitrogen and oxygen atoms in total. The number of fused-ring (bicyclic) bond motifs is 2. The molecule has 1 aliphatic heterocycles. The summed E-state index contributed by atoms with van der Waals surface area (Å²) in [5, 5.41) is 9.34. The Bertz CT molecular complexity index is 1470. The number of benzene rings is 1. The maximum Gasteiger partial charge on any atom is 0.405 e. The van der Waals surface area contributed by atoms with Crippen LogP contribution < -0.4 is 10.5 Å². The Labute approximate surface area is 193 Å². The van der Waals surface area contributed by atoms with Crippen molar-refractivity contribution in [1.29, 1.82) is 5.26 Å². The minimum Gasteiger partial charge on any atom is -0.375 e. The summed E-state index contributed by atoms with van der Waals surface area (Å²) in [4.78, 5) is 19.0. The van der Waals surface area contributed by atoms with Gasteiger partial charge in [0.2, 0.25) is 0 Å². The highest BCUT2D eigenvalue weighted by atomic mass is 19.4. The molecule has 1 aromatic carbocycles. The lowest BCUT2D eigenvalue weighted by Crippen LogP contribution is -2.25. The van der Waals surface area contributed by atoms with Gasteiger partial charge in [-0.05, 0) is 37.1 Å². The highest BCUT2D eigenvalue weighted by Crippen LogP contribution is 2.57. The number of halogens is 3. The minimum absolute atomic E-state index is 0.00729. The van der Waals surface area contributed by atoms with Gasteiger partial charge in [0.05, 0.1) is 24.4 Å². The van der Waals surface area contributed by atoms with Crippen LogP contribution in [-0.4, -0.2) is 28.9 Å². The zero-order valence-electron chi connectivity index (χ0n) is 18.2. The molecule has 3 heterocycles. The third-order valence-electron chi connectivity index (χ3n) is 6.35. The fraction of sp³-hybridized carbons (Fsp3) is 0.320. The maximum absolute atomic E-state index is 13.4. The average Bonchev–Trinajstić information content (AvgIpc) is 3.64. The van der Waals surface area contributed by atoms with Gasteiger partial charge in [0.25, 0.3) is 5.56 Å². The van der Waals surface area contributed by atoms with Crippen LogP contribution in [0.25, 0.3) is 11.0 Å². The van der Waals surface area contributed by atoms with E-state index in [4.69, 9.17) is 4.74 Å². The molecule has 1 saturated carbocycles. The molecule has 0 spiro atoms. The lowest BCUT2D eigenvalue weighted by atomic mass is 10.0. The number of rotatable bonds is 1. The van der Waals surface area contributed by atoms with Crippen LogP contribution in [0.5, 0.6) is 0 Å². The van der Waals surface area contributed by atoms with Gasteiger partial charge < -0.3 is 14.2 Å². The second-order valence-corrected chi connectivity index (χ2v) is 8.44. The van der Waals surface area contributed by atoms with Gasteiger partial charge in [0.1, 0.15) is 22.7 Å². The van der Waals surface area contributed by atoms with Gasteiger partial charge in [-0.2, -0.15) is 18.4 Å². The molecule has 0 atom stereocenters. The smallest absolute Gasteiger partial charge is 0.375 e. The van der Waals surface area contributed by atoms with E-state index in [-0.39, 0.29) is 30.7 Å². The van der Waals surface area contributed by atoms with Crippen LogP contribution >= 0.6 is 0 Å². The zero-order valence-corrected chi connectivity index (χ0v) is 18.2. The summed E-state index contributed by atoms with van der Waals surface area (Å²) in [5.74, 6) is 5.22. The Morgan fingerprint density at radius 1 is 1.18 bits per heavy atom. The second-order valence-electron chi connectivity index (χ2n) is 8.44. The first-order chi connectivity index (χ1) is 16.2. The standard InChI is InChI=1S/C25H19F3N4O2/c1-31-20-6-5-17(14-29)30-23(20)21(13-22(31)33)32-11-12-34-15-18-16(3-2-4-19(18)32)7-8-24(9-10-24)25(26,27)28/h2-6,13H,9-12,15H2,1H3. The largest absolute Gasteiger partial charge is 0.405 e. The first kappa shape index (κ1) is 22.0. The molecule has 3 aromatic rings. The van der Waals surface area contributed by atoms with Crippen molar-refractivity contribution in [2.45, 2.75) is 25.6 Å². The SMILES string of the molecule is Cn1c(=O)cc(N2CCOCc3c(C#CC4(C(F)(F)F)CC4)cccc32)c2nc(C#N)ccc21. The molecule has 0 N–H and O–H groups in total. The summed E-state index contributed by atoms with van der Waals surface area (Å²) in [7, 11) is 1.63. The van der Waals surface area contributed by atoms with Crippen molar-refractivity contribution in [3.63, 3.8) is 0 Å². The predicted octanol–water partition coefficient (Wildman–Crippen LogP) is 4.17. The number of anilines is 2. The van der Waals surface area contributed by atoms with E-state index in [0.717, 1.165) is 0 Å². The Hall–Kier alpha value is -3.82. The zero-order chi connectivity index (χ0) is 24.1. The molecule has 5 rings (SSSR count). The molecular weight excluding hydrogens is 445 g/mol. The van der Waals surface area contributed by atoms with E-state index in [1.165, 1.54) is 10.6 Å². The van der Waals surface area contributed by atoms with E-state index in [2.05, 4.69) is 16.8 Å². The van der Waals surface area contributed by atoms with Crippen LogP contribution in [-0.2, 0) is 18.4 Å². The van der Waals surface area contributed by atoms with Crippen LogP contribution in [0, 0.1) is 28.6 Å². The average molecular weight is 464 g/mol. The molecule has 9 heteroatoms. The van der Waals surface area contributed by atoms with Crippen LogP contribution in [0.2, 0.25) is 0 Å². The third-order valence-corrected chi connectivity index (χ3v) is 6.35. The van der Waals surface area contributed by atoms with E-state index >= 15 is 0 Å². The van der Waals surface area contributed by atoms with E-state index in [1.807, 2.05) is 17.0 Å². The van der Waals surface area contributed by atoms with E-state index in [1.54, 1.807) is 31.3 Å². The van der Waals surface area contributed by atoms with Crippen LogP contribution in [0.3, 0.4) is 0 Å². The van der Waals surface area contributed by atoms with Crippen molar-refractivity contribution in [3.8, 4) is 17.9 Å². The predicted molar refractivity (Wildman–Crippen MR) is 119 cm³/mol. The summed E-state index contributed by atoms with van der Waals surface area (Å²) >= 11 is 0. The molecule has 0 saturated heterocycles. The highest BCUT2D eigenvalue weighted by molar-refractivity contribution is 5.91. The minimum atomic E-state index is -4.36. The first-order valence-electron chi connectivity index (χ1n) is 10.7. The van der Waals surface area contributed by atoms with Gasteiger partial charge >= 0.3 is 6.18 Å². The molecule has 2 aromatic heterocycles. The number of nitriles is 1. The number of alkyl halides is 3. The van der Waals surface area contributed by atoms with E-state index in [0.29, 0.717) is 46.7 Å². The van der Waals surface area contributed by atoms with Gasteiger partial charge in [0, 0.05) is 36.5 Å². The van der Waals surface area contributed by atoms with Crippen LogP contribution in [0.1, 0.15) is 29.7 Å². The summed E-state index contributed by atoms with van der Waals surface area (Å²) in [5.41, 5.74) is 1.35. The van der Waals surface area contributed by atoms with E-state index < -0.39 is 11.6 Å². The molecule has 0 radical (unpaired) electrons. The van der Waals surface area contributed by atoms with Crippen molar-refractivity contribution in [3.05, 3.63) is 63.6 Å². The summed E-state index contributed by atoms with van der Waals surface area (Å²) in [6, 6.07) is 11.9. The number of nitrogens with zero attached hydrogens (tertiary/aromatic N) is 4. The highest BCUT2D eigenvalue weighted by Gasteiger charge is 2.62. The van der Waals surface area contributed by atoms with Gasteiger partial charge in [-0.1, -0.05) is 17.9 Å². The number of aromatic nitrogens is 2. The van der Waals surface area contributed by atoms with Gasteiger partial charge in [-0.25, -0.2) is 4.98 Å². The van der Waals surface area contributed by atoms with E-state index in [9.17, 15) is 23.2 Å². The Morgan fingerprint density at radius 2 is 1.97 bits per heavy atom. The summed E-state index contributed by atoms with van der Waals surface area (Å²) in [6.07, 6.45) is -4.35. The van der Waals surface area contributed by atoms with Crippen molar-refractivity contribution in [2.75, 3.05) is 18.1 Å². The summed E-state index contributed by atoms with van der Waals surface area (Å²) in [6.45, 7) is 0.884. The molecule has 172 valence electrons. The second kappa shape index (κ2) is 7.89. The van der Waals surface area contributed by atoms with Crippen molar-refractivity contribution in [1.82, 2.24) is 9.55 Å². The fourth-order valence-corrected chi connectivity index (χ4v) is 4.17. The monoisotopic (exact) mass is 464 g/mol. The molecule has 1 fully saturated rings. The fourth-order valence-electron chi connectivity index (χ4n) is 4.17. The van der Waals surface area contributed by atoms with Gasteiger partial charge in [0.15, 0.2) is 0 Å². The number of ether oxygens (including phenoxy) is 1. The first-order valence-corrected chi connectivity index (χ1v) is 10.7. The molecular formula is C25H19F3N4O2. The van der Waals surface area contributed by atoms with Crippen molar-refractivity contribution < 1.29 is 17.9 Å². The van der Waals surface area contributed by atoms with Gasteiger partial charge in [-0.3, -0.25) is 4.79 Å². The lowest BCUT2D eigenvalue weighted by molar-refractivity contribution is -0.168. The molecule has 0 amide bonds. The molecule has 0 unspecified atom stereocenters. The van der Waals surface area contributed by atoms with Crippen LogP contribution in [0.15, 0.2) is 41.2 Å². The normalized spacial score (nSPS) is 16.7. The third kappa shape index (κ3) is 3.59. The lowest BCUT2D eigenvalue weighted by Gasteiger charge is -2.26. The quantitative estimate of drug-likeness (QED) is 0.506. The van der Waals surface area contributed by atoms with Crippen LogP contribution in [0.4, 0.5) is 24.5 Å². The Morgan fingerprint density at radius 3 is 2.68 bits per heavy atom. The molecule has 1 aliphatic carbocycles. The molecule has 34 heavy (non-hydrogen) atoms. The van der Waals surface area contributed by atoms with Crippen molar-refractivity contribution >= 4 is 22.4 Å². The maximum atomic E-state index is 13.4. The number of hydrogen-bond donors (Lipinski definition) is 0. The van der Waals surface area contributed by atoms with Gasteiger partial charge in [-0.15, -0.1) is 0 Å². The molecule has 0 bridgehead atoms. The van der Waals surface area contributed by atoms with Crippen molar-refractivity contribution in [2.24, 2.45) is 12.5 Å². The topological polar surface area (TPSA) is 71.2 Å². The number of aryl methyl sites for hydroxylation is 1. The number of hydrogen-bond acceptors (Lipinski definition) is 5.